The Labute approximate surface area is 292 Å². The van der Waals surface area contributed by atoms with Gasteiger partial charge in [0.15, 0.2) is 0 Å². The van der Waals surface area contributed by atoms with Gasteiger partial charge in [0.25, 0.3) is 15.9 Å². The standard InChI is InChI=1S/C36H36BrN3O6S2/c1-4-45-36(42)33-25(3)28-22-27(14-15-32(28)46-33)48(43,44)40(18-16-26-10-6-5-7-11-26)31-13-9-8-12-30(31)39-20-19-38(23-24(39)2)35(41)34-29(37)17-21-47-34/h5-15,17,21-22,24H,4,16,18-20,23H2,1-3H3. The summed E-state index contributed by atoms with van der Waals surface area (Å²) < 4.78 is 42.6. The zero-order valence-electron chi connectivity index (χ0n) is 26.9. The van der Waals surface area contributed by atoms with E-state index in [2.05, 4.69) is 27.8 Å². The van der Waals surface area contributed by atoms with E-state index in [-0.39, 0.29) is 35.8 Å². The lowest BCUT2D eigenvalue weighted by molar-refractivity contribution is 0.0491. The summed E-state index contributed by atoms with van der Waals surface area (Å²) in [4.78, 5) is 30.6. The number of esters is 1. The fourth-order valence-electron chi connectivity index (χ4n) is 6.13. The van der Waals surface area contributed by atoms with Crippen LogP contribution in [0.4, 0.5) is 11.4 Å². The predicted octanol–water partition coefficient (Wildman–Crippen LogP) is 7.53. The summed E-state index contributed by atoms with van der Waals surface area (Å²) in [6, 6.07) is 23.8. The Bertz CT molecular complexity index is 2060. The summed E-state index contributed by atoms with van der Waals surface area (Å²) in [5.41, 5.74) is 3.26. The molecule has 1 aliphatic rings. The quantitative estimate of drug-likeness (QED) is 0.136. The number of para-hydroxylation sites is 2. The molecule has 48 heavy (non-hydrogen) atoms. The van der Waals surface area contributed by atoms with Crippen molar-refractivity contribution in [1.82, 2.24) is 4.90 Å². The van der Waals surface area contributed by atoms with Gasteiger partial charge in [0.2, 0.25) is 5.76 Å². The summed E-state index contributed by atoms with van der Waals surface area (Å²) in [5.74, 6) is -0.543. The third-order valence-corrected chi connectivity index (χ3v) is 12.2. The number of sulfonamides is 1. The van der Waals surface area contributed by atoms with Crippen molar-refractivity contribution in [3.8, 4) is 0 Å². The second-order valence-electron chi connectivity index (χ2n) is 11.6. The van der Waals surface area contributed by atoms with Gasteiger partial charge in [-0.3, -0.25) is 9.10 Å². The van der Waals surface area contributed by atoms with Gasteiger partial charge in [-0.2, -0.15) is 0 Å². The molecule has 0 N–H and O–H groups in total. The second-order valence-corrected chi connectivity index (χ2v) is 15.3. The Morgan fingerprint density at radius 1 is 1.04 bits per heavy atom. The molecule has 1 fully saturated rings. The second kappa shape index (κ2) is 14.2. The maximum absolute atomic E-state index is 14.7. The Morgan fingerprint density at radius 2 is 1.79 bits per heavy atom. The van der Waals surface area contributed by atoms with Gasteiger partial charge in [0, 0.05) is 47.6 Å². The molecule has 9 nitrogen and oxygen atoms in total. The lowest BCUT2D eigenvalue weighted by Crippen LogP contribution is -2.54. The van der Waals surface area contributed by atoms with Crippen LogP contribution in [0.15, 0.2) is 98.0 Å². The highest BCUT2D eigenvalue weighted by molar-refractivity contribution is 9.10. The number of carbonyl (C=O) groups excluding carboxylic acids is 2. The van der Waals surface area contributed by atoms with Crippen LogP contribution < -0.4 is 9.21 Å². The molecule has 0 spiro atoms. The average Bonchev–Trinajstić information content (AvgIpc) is 3.67. The number of halogens is 1. The normalized spacial score (nSPS) is 15.1. The molecule has 6 rings (SSSR count). The van der Waals surface area contributed by atoms with Crippen LogP contribution in [-0.2, 0) is 21.2 Å². The number of rotatable bonds is 10. The molecule has 0 radical (unpaired) electrons. The maximum Gasteiger partial charge on any atom is 0.374 e. The summed E-state index contributed by atoms with van der Waals surface area (Å²) in [6.45, 7) is 7.41. The van der Waals surface area contributed by atoms with Crippen molar-refractivity contribution in [3.05, 3.63) is 110 Å². The van der Waals surface area contributed by atoms with Crippen molar-refractivity contribution < 1.29 is 27.2 Å². The molecule has 1 saturated heterocycles. The number of ether oxygens (including phenoxy) is 1. The first-order chi connectivity index (χ1) is 23.1. The SMILES string of the molecule is CCOC(=O)c1oc2ccc(S(=O)(=O)N(CCc3ccccc3)c3ccccc3N3CCN(C(=O)c4sccc4Br)CC3C)cc2c1C. The molecule has 12 heteroatoms. The van der Waals surface area contributed by atoms with Crippen LogP contribution in [0.2, 0.25) is 0 Å². The molecule has 1 amide bonds. The Kier molecular flexibility index (Phi) is 9.95. The Morgan fingerprint density at radius 3 is 2.50 bits per heavy atom. The molecule has 250 valence electrons. The zero-order chi connectivity index (χ0) is 34.0. The number of anilines is 2. The van der Waals surface area contributed by atoms with Gasteiger partial charge in [0.05, 0.1) is 22.9 Å². The highest BCUT2D eigenvalue weighted by atomic mass is 79.9. The first-order valence-corrected chi connectivity index (χ1v) is 18.9. The summed E-state index contributed by atoms with van der Waals surface area (Å²) >= 11 is 4.90. The Hall–Kier alpha value is -4.13. The lowest BCUT2D eigenvalue weighted by atomic mass is 10.1. The number of nitrogens with zero attached hydrogens (tertiary/aromatic N) is 3. The third kappa shape index (κ3) is 6.61. The largest absolute Gasteiger partial charge is 0.460 e. The minimum Gasteiger partial charge on any atom is -0.460 e. The summed E-state index contributed by atoms with van der Waals surface area (Å²) in [7, 11) is -4.11. The molecule has 5 aromatic rings. The van der Waals surface area contributed by atoms with E-state index in [1.807, 2.05) is 70.9 Å². The van der Waals surface area contributed by atoms with E-state index in [1.165, 1.54) is 21.7 Å². The molecule has 1 aliphatic heterocycles. The molecule has 0 saturated carbocycles. The van der Waals surface area contributed by atoms with Crippen molar-refractivity contribution in [3.63, 3.8) is 0 Å². The summed E-state index contributed by atoms with van der Waals surface area (Å²) in [6.07, 6.45) is 0.488. The molecule has 1 atom stereocenters. The minimum absolute atomic E-state index is 0.0141. The van der Waals surface area contributed by atoms with Crippen LogP contribution >= 0.6 is 27.3 Å². The van der Waals surface area contributed by atoms with Crippen LogP contribution in [0.3, 0.4) is 0 Å². The first kappa shape index (κ1) is 33.8. The van der Waals surface area contributed by atoms with Crippen molar-refractivity contribution >= 4 is 71.5 Å². The zero-order valence-corrected chi connectivity index (χ0v) is 30.1. The van der Waals surface area contributed by atoms with Gasteiger partial charge in [-0.05, 0) is 90.5 Å². The van der Waals surface area contributed by atoms with Crippen molar-refractivity contribution in [2.45, 2.75) is 38.1 Å². The van der Waals surface area contributed by atoms with Gasteiger partial charge in [-0.25, -0.2) is 13.2 Å². The maximum atomic E-state index is 14.7. The van der Waals surface area contributed by atoms with Gasteiger partial charge >= 0.3 is 5.97 Å². The third-order valence-electron chi connectivity index (χ3n) is 8.59. The fourth-order valence-corrected chi connectivity index (χ4v) is 9.15. The fraction of sp³-hybridized carbons (Fsp3) is 0.278. The number of benzene rings is 3. The predicted molar refractivity (Wildman–Crippen MR) is 193 cm³/mol. The molecule has 1 unspecified atom stereocenters. The van der Waals surface area contributed by atoms with Gasteiger partial charge < -0.3 is 19.0 Å². The van der Waals surface area contributed by atoms with Crippen LogP contribution in [0.5, 0.6) is 0 Å². The van der Waals surface area contributed by atoms with Crippen molar-refractivity contribution in [2.24, 2.45) is 0 Å². The van der Waals surface area contributed by atoms with Crippen LogP contribution in [-0.4, -0.2) is 64.0 Å². The van der Waals surface area contributed by atoms with Crippen LogP contribution in [0.25, 0.3) is 11.0 Å². The minimum atomic E-state index is -4.11. The highest BCUT2D eigenvalue weighted by Gasteiger charge is 2.33. The van der Waals surface area contributed by atoms with E-state index in [0.717, 1.165) is 15.7 Å². The first-order valence-electron chi connectivity index (χ1n) is 15.7. The number of fused-ring (bicyclic) bond motifs is 1. The smallest absolute Gasteiger partial charge is 0.374 e. The molecular formula is C36H36BrN3O6S2. The number of aryl methyl sites for hydroxylation is 1. The van der Waals surface area contributed by atoms with E-state index in [0.29, 0.717) is 53.2 Å². The van der Waals surface area contributed by atoms with Crippen LogP contribution in [0.1, 0.15) is 45.2 Å². The number of amides is 1. The topological polar surface area (TPSA) is 100 Å². The molecule has 0 bridgehead atoms. The molecule has 3 aromatic carbocycles. The number of hydrogen-bond acceptors (Lipinski definition) is 8. The molecular weight excluding hydrogens is 714 g/mol. The van der Waals surface area contributed by atoms with Crippen molar-refractivity contribution in [2.75, 3.05) is 42.0 Å². The number of carbonyl (C=O) groups is 2. The number of thiophene rings is 1. The van der Waals surface area contributed by atoms with E-state index < -0.39 is 16.0 Å². The highest BCUT2D eigenvalue weighted by Crippen LogP contribution is 2.37. The molecule has 3 heterocycles. The average molecular weight is 751 g/mol. The number of hydrogen-bond donors (Lipinski definition) is 0. The van der Waals surface area contributed by atoms with Gasteiger partial charge in [-0.15, -0.1) is 11.3 Å². The van der Waals surface area contributed by atoms with Gasteiger partial charge in [0.1, 0.15) is 10.5 Å². The van der Waals surface area contributed by atoms with E-state index in [1.54, 1.807) is 26.0 Å². The molecule has 2 aromatic heterocycles. The van der Waals surface area contributed by atoms with E-state index in [9.17, 15) is 18.0 Å². The number of piperazine rings is 1. The summed E-state index contributed by atoms with van der Waals surface area (Å²) in [5, 5.41) is 2.42. The van der Waals surface area contributed by atoms with E-state index in [4.69, 9.17) is 9.15 Å². The monoisotopic (exact) mass is 749 g/mol. The van der Waals surface area contributed by atoms with Gasteiger partial charge in [-0.1, -0.05) is 42.5 Å². The molecule has 0 aliphatic carbocycles. The lowest BCUT2D eigenvalue weighted by Gasteiger charge is -2.42. The number of furan rings is 1. The van der Waals surface area contributed by atoms with Crippen LogP contribution in [0, 0.1) is 6.92 Å². The van der Waals surface area contributed by atoms with Crippen molar-refractivity contribution in [1.29, 1.82) is 0 Å². The Balaban J connectivity index is 1.36. The van der Waals surface area contributed by atoms with E-state index >= 15 is 0 Å².